The van der Waals surface area contributed by atoms with Gasteiger partial charge in [0, 0.05) is 24.2 Å². The van der Waals surface area contributed by atoms with Crippen molar-refractivity contribution in [3.05, 3.63) is 21.9 Å². The average molecular weight is 315 g/mol. The average Bonchev–Trinajstić information content (AvgIpc) is 2.97. The molecular formula is C17H25N5O. The number of nitrogens with one attached hydrogen (secondary N) is 2. The number of nitrogens with zero attached hydrogens (tertiary/aromatic N) is 3. The van der Waals surface area contributed by atoms with E-state index in [4.69, 9.17) is 4.98 Å². The summed E-state index contributed by atoms with van der Waals surface area (Å²) in [6, 6.07) is 0.305. The van der Waals surface area contributed by atoms with Crippen LogP contribution in [0.3, 0.4) is 0 Å². The van der Waals surface area contributed by atoms with E-state index < -0.39 is 0 Å². The molecule has 2 fully saturated rings. The van der Waals surface area contributed by atoms with Crippen LogP contribution >= 0.6 is 0 Å². The molecular weight excluding hydrogens is 290 g/mol. The van der Waals surface area contributed by atoms with Crippen LogP contribution in [0.4, 0.5) is 0 Å². The summed E-state index contributed by atoms with van der Waals surface area (Å²) in [6.45, 7) is 3.88. The van der Waals surface area contributed by atoms with E-state index in [1.165, 1.54) is 19.3 Å². The van der Waals surface area contributed by atoms with Gasteiger partial charge in [-0.1, -0.05) is 19.3 Å². The Balaban J connectivity index is 1.89. The second kappa shape index (κ2) is 6.07. The Kier molecular flexibility index (Phi) is 3.93. The maximum Gasteiger partial charge on any atom is 0.265 e. The SMILES string of the molecule is Cc1[nH]nc2nc(C3CCCNC3)n(C3CCCCC3)c(=O)c12. The number of aromatic amines is 1. The molecule has 1 unspecified atom stereocenters. The van der Waals surface area contributed by atoms with Gasteiger partial charge in [0.1, 0.15) is 11.2 Å². The molecule has 3 heterocycles. The van der Waals surface area contributed by atoms with Crippen molar-refractivity contribution in [2.45, 2.75) is 63.8 Å². The highest BCUT2D eigenvalue weighted by Crippen LogP contribution is 2.31. The first-order chi connectivity index (χ1) is 11.3. The minimum absolute atomic E-state index is 0.105. The van der Waals surface area contributed by atoms with Crippen LogP contribution < -0.4 is 10.9 Å². The molecule has 23 heavy (non-hydrogen) atoms. The van der Waals surface area contributed by atoms with Gasteiger partial charge in [0.15, 0.2) is 5.65 Å². The number of aromatic nitrogens is 4. The molecule has 1 saturated heterocycles. The van der Waals surface area contributed by atoms with Crippen molar-refractivity contribution in [2.24, 2.45) is 0 Å². The summed E-state index contributed by atoms with van der Waals surface area (Å²) >= 11 is 0. The molecule has 0 amide bonds. The van der Waals surface area contributed by atoms with E-state index in [2.05, 4.69) is 15.5 Å². The lowest BCUT2D eigenvalue weighted by Crippen LogP contribution is -2.36. The maximum atomic E-state index is 13.2. The van der Waals surface area contributed by atoms with Crippen LogP contribution in [0, 0.1) is 6.92 Å². The van der Waals surface area contributed by atoms with Crippen molar-refractivity contribution in [2.75, 3.05) is 13.1 Å². The predicted octanol–water partition coefficient (Wildman–Crippen LogP) is 2.40. The summed E-state index contributed by atoms with van der Waals surface area (Å²) in [6.07, 6.45) is 8.13. The smallest absolute Gasteiger partial charge is 0.265 e. The van der Waals surface area contributed by atoms with E-state index in [9.17, 15) is 4.79 Å². The van der Waals surface area contributed by atoms with Crippen molar-refractivity contribution in [3.8, 4) is 0 Å². The highest BCUT2D eigenvalue weighted by Gasteiger charge is 2.28. The molecule has 1 saturated carbocycles. The minimum atomic E-state index is 0.105. The maximum absolute atomic E-state index is 13.2. The third-order valence-electron chi connectivity index (χ3n) is 5.43. The fourth-order valence-corrected chi connectivity index (χ4v) is 4.19. The van der Waals surface area contributed by atoms with Gasteiger partial charge < -0.3 is 5.32 Å². The second-order valence-electron chi connectivity index (χ2n) is 7.03. The summed E-state index contributed by atoms with van der Waals surface area (Å²) in [5.41, 5.74) is 1.52. The molecule has 0 aromatic carbocycles. The van der Waals surface area contributed by atoms with E-state index in [0.29, 0.717) is 23.0 Å². The van der Waals surface area contributed by atoms with Gasteiger partial charge in [-0.05, 0) is 39.2 Å². The molecule has 0 bridgehead atoms. The van der Waals surface area contributed by atoms with Crippen molar-refractivity contribution in [1.82, 2.24) is 25.1 Å². The Morgan fingerprint density at radius 1 is 1.13 bits per heavy atom. The summed E-state index contributed by atoms with van der Waals surface area (Å²) in [5, 5.41) is 11.3. The number of H-pyrrole nitrogens is 1. The highest BCUT2D eigenvalue weighted by molar-refractivity contribution is 5.76. The van der Waals surface area contributed by atoms with E-state index in [1.807, 2.05) is 11.5 Å². The molecule has 2 aromatic rings. The number of hydrogen-bond donors (Lipinski definition) is 2. The van der Waals surface area contributed by atoms with Gasteiger partial charge in [-0.15, -0.1) is 0 Å². The third-order valence-corrected chi connectivity index (χ3v) is 5.43. The van der Waals surface area contributed by atoms with Crippen molar-refractivity contribution < 1.29 is 0 Å². The Morgan fingerprint density at radius 2 is 1.96 bits per heavy atom. The molecule has 6 heteroatoms. The summed E-state index contributed by atoms with van der Waals surface area (Å²) in [4.78, 5) is 18.1. The lowest BCUT2D eigenvalue weighted by Gasteiger charge is -2.30. The van der Waals surface area contributed by atoms with Crippen LogP contribution in [0.5, 0.6) is 0 Å². The summed E-state index contributed by atoms with van der Waals surface area (Å²) < 4.78 is 2.03. The Hall–Kier alpha value is -1.69. The van der Waals surface area contributed by atoms with E-state index in [1.54, 1.807) is 0 Å². The first-order valence-corrected chi connectivity index (χ1v) is 8.93. The molecule has 2 N–H and O–H groups in total. The summed E-state index contributed by atoms with van der Waals surface area (Å²) in [5.74, 6) is 1.27. The van der Waals surface area contributed by atoms with E-state index >= 15 is 0 Å². The fraction of sp³-hybridized carbons (Fsp3) is 0.706. The lowest BCUT2D eigenvalue weighted by molar-refractivity contribution is 0.321. The van der Waals surface area contributed by atoms with Crippen LogP contribution in [-0.2, 0) is 0 Å². The molecule has 1 atom stereocenters. The van der Waals surface area contributed by atoms with Gasteiger partial charge in [-0.2, -0.15) is 5.10 Å². The Morgan fingerprint density at radius 3 is 2.70 bits per heavy atom. The van der Waals surface area contributed by atoms with Gasteiger partial charge in [-0.25, -0.2) is 4.98 Å². The van der Waals surface area contributed by atoms with Gasteiger partial charge in [-0.3, -0.25) is 14.5 Å². The number of aryl methyl sites for hydroxylation is 1. The second-order valence-corrected chi connectivity index (χ2v) is 7.03. The number of rotatable bonds is 2. The molecule has 0 spiro atoms. The standard InChI is InChI=1S/C17H25N5O/c1-11-14-15(21-20-11)19-16(12-6-5-9-18-10-12)22(17(14)23)13-7-3-2-4-8-13/h12-13,18H,2-10H2,1H3,(H,20,21). The molecule has 124 valence electrons. The van der Waals surface area contributed by atoms with Gasteiger partial charge >= 0.3 is 0 Å². The van der Waals surface area contributed by atoms with Crippen LogP contribution in [0.1, 0.15) is 68.4 Å². The lowest BCUT2D eigenvalue weighted by atomic mass is 9.93. The number of fused-ring (bicyclic) bond motifs is 1. The van der Waals surface area contributed by atoms with Gasteiger partial charge in [0.05, 0.1) is 0 Å². The van der Waals surface area contributed by atoms with Crippen LogP contribution in [0.15, 0.2) is 4.79 Å². The quantitative estimate of drug-likeness (QED) is 0.892. The molecule has 6 nitrogen and oxygen atoms in total. The largest absolute Gasteiger partial charge is 0.316 e. The van der Waals surface area contributed by atoms with Crippen molar-refractivity contribution in [1.29, 1.82) is 0 Å². The highest BCUT2D eigenvalue weighted by atomic mass is 16.1. The monoisotopic (exact) mass is 315 g/mol. The number of piperidine rings is 1. The Labute approximate surface area is 135 Å². The minimum Gasteiger partial charge on any atom is -0.316 e. The van der Waals surface area contributed by atoms with Gasteiger partial charge in [0.2, 0.25) is 0 Å². The van der Waals surface area contributed by atoms with E-state index in [-0.39, 0.29) is 5.56 Å². The van der Waals surface area contributed by atoms with Crippen LogP contribution in [-0.4, -0.2) is 32.8 Å². The summed E-state index contributed by atoms with van der Waals surface area (Å²) in [7, 11) is 0. The van der Waals surface area contributed by atoms with Gasteiger partial charge in [0.25, 0.3) is 5.56 Å². The Bertz CT molecular complexity index is 750. The topological polar surface area (TPSA) is 75.6 Å². The van der Waals surface area contributed by atoms with Crippen molar-refractivity contribution >= 4 is 11.0 Å². The zero-order valence-corrected chi connectivity index (χ0v) is 13.8. The first-order valence-electron chi connectivity index (χ1n) is 8.93. The molecule has 4 rings (SSSR count). The normalized spacial score (nSPS) is 23.4. The molecule has 2 aliphatic rings. The first kappa shape index (κ1) is 14.9. The molecule has 1 aliphatic heterocycles. The zero-order valence-electron chi connectivity index (χ0n) is 13.8. The number of hydrogen-bond acceptors (Lipinski definition) is 4. The zero-order chi connectivity index (χ0) is 15.8. The van der Waals surface area contributed by atoms with Crippen molar-refractivity contribution in [3.63, 3.8) is 0 Å². The molecule has 1 aliphatic carbocycles. The molecule has 0 radical (unpaired) electrons. The van der Waals surface area contributed by atoms with Crippen LogP contribution in [0.2, 0.25) is 0 Å². The molecule has 2 aromatic heterocycles. The van der Waals surface area contributed by atoms with E-state index in [0.717, 1.165) is 50.3 Å². The third kappa shape index (κ3) is 2.59. The van der Waals surface area contributed by atoms with Crippen LogP contribution in [0.25, 0.3) is 11.0 Å². The predicted molar refractivity (Wildman–Crippen MR) is 89.9 cm³/mol. The fourth-order valence-electron chi connectivity index (χ4n) is 4.19.